The second kappa shape index (κ2) is 9.08. The van der Waals surface area contributed by atoms with Crippen LogP contribution in [0.15, 0.2) is 57.9 Å². The van der Waals surface area contributed by atoms with Gasteiger partial charge in [-0.15, -0.1) is 0 Å². The molecule has 0 aliphatic heterocycles. The number of carbonyl (C=O) groups is 1. The van der Waals surface area contributed by atoms with Gasteiger partial charge in [-0.3, -0.25) is 4.79 Å². The van der Waals surface area contributed by atoms with Crippen molar-refractivity contribution < 1.29 is 23.4 Å². The summed E-state index contributed by atoms with van der Waals surface area (Å²) in [6.07, 6.45) is 3.04. The molecule has 0 saturated carbocycles. The van der Waals surface area contributed by atoms with Gasteiger partial charge < -0.3 is 18.6 Å². The van der Waals surface area contributed by atoms with Crippen molar-refractivity contribution in [1.82, 2.24) is 0 Å². The molecule has 0 amide bonds. The standard InChI is InChI=1S/C22H22O6/c1-3-4-11-25-21(23)14-26-17-9-10-18-19(12-17)27-13-20(22(18)24)28-16-7-5-15(2)6-8-16/h5-10,12-13H,3-4,11,14H2,1-2H3. The Morgan fingerprint density at radius 1 is 1.07 bits per heavy atom. The van der Waals surface area contributed by atoms with Crippen molar-refractivity contribution in [3.8, 4) is 17.2 Å². The van der Waals surface area contributed by atoms with Crippen LogP contribution in [0.1, 0.15) is 25.3 Å². The molecule has 0 atom stereocenters. The molecule has 0 spiro atoms. The largest absolute Gasteiger partial charge is 0.482 e. The lowest BCUT2D eigenvalue weighted by Gasteiger charge is -2.08. The lowest BCUT2D eigenvalue weighted by molar-refractivity contribution is -0.146. The summed E-state index contributed by atoms with van der Waals surface area (Å²) in [5.74, 6) is 0.635. The number of benzene rings is 2. The summed E-state index contributed by atoms with van der Waals surface area (Å²) in [6, 6.07) is 12.1. The zero-order chi connectivity index (χ0) is 19.9. The lowest BCUT2D eigenvalue weighted by Crippen LogP contribution is -2.15. The van der Waals surface area contributed by atoms with E-state index in [1.54, 1.807) is 30.3 Å². The summed E-state index contributed by atoms with van der Waals surface area (Å²) < 4.78 is 21.6. The monoisotopic (exact) mass is 382 g/mol. The quantitative estimate of drug-likeness (QED) is 0.418. The molecule has 0 aliphatic rings. The van der Waals surface area contributed by atoms with Crippen LogP contribution < -0.4 is 14.9 Å². The molecular formula is C22H22O6. The van der Waals surface area contributed by atoms with E-state index in [2.05, 4.69) is 0 Å². The molecule has 0 saturated heterocycles. The van der Waals surface area contributed by atoms with Gasteiger partial charge in [0.05, 0.1) is 12.0 Å². The van der Waals surface area contributed by atoms with Gasteiger partial charge in [0.1, 0.15) is 23.3 Å². The maximum atomic E-state index is 12.6. The third-order valence-electron chi connectivity index (χ3n) is 4.08. The molecule has 3 rings (SSSR count). The van der Waals surface area contributed by atoms with Crippen LogP contribution in [-0.2, 0) is 9.53 Å². The normalized spacial score (nSPS) is 10.6. The smallest absolute Gasteiger partial charge is 0.344 e. The highest BCUT2D eigenvalue weighted by Crippen LogP contribution is 2.24. The van der Waals surface area contributed by atoms with E-state index < -0.39 is 5.97 Å². The minimum atomic E-state index is -0.433. The van der Waals surface area contributed by atoms with Crippen LogP contribution in [0.5, 0.6) is 17.2 Å². The predicted molar refractivity (Wildman–Crippen MR) is 105 cm³/mol. The highest BCUT2D eigenvalue weighted by Gasteiger charge is 2.11. The van der Waals surface area contributed by atoms with Crippen LogP contribution >= 0.6 is 0 Å². The van der Waals surface area contributed by atoms with E-state index in [4.69, 9.17) is 18.6 Å². The predicted octanol–water partition coefficient (Wildman–Crippen LogP) is 4.62. The van der Waals surface area contributed by atoms with E-state index in [0.29, 0.717) is 29.1 Å². The fourth-order valence-corrected chi connectivity index (χ4v) is 2.50. The summed E-state index contributed by atoms with van der Waals surface area (Å²) in [5, 5.41) is 0.363. The van der Waals surface area contributed by atoms with Crippen molar-refractivity contribution >= 4 is 16.9 Å². The fourth-order valence-electron chi connectivity index (χ4n) is 2.50. The number of ether oxygens (including phenoxy) is 3. The zero-order valence-corrected chi connectivity index (χ0v) is 15.9. The van der Waals surface area contributed by atoms with Crippen LogP contribution in [0, 0.1) is 6.92 Å². The molecule has 0 aliphatic carbocycles. The SMILES string of the molecule is CCCCOC(=O)COc1ccc2c(=O)c(Oc3ccc(C)cc3)coc2c1. The van der Waals surface area contributed by atoms with E-state index in [0.717, 1.165) is 18.4 Å². The molecule has 1 heterocycles. The minimum Gasteiger partial charge on any atom is -0.482 e. The third kappa shape index (κ3) is 4.91. The molecule has 146 valence electrons. The maximum absolute atomic E-state index is 12.6. The number of fused-ring (bicyclic) bond motifs is 1. The van der Waals surface area contributed by atoms with Crippen LogP contribution in [0.2, 0.25) is 0 Å². The number of hydrogen-bond donors (Lipinski definition) is 0. The molecule has 1 aromatic heterocycles. The molecular weight excluding hydrogens is 360 g/mol. The first-order valence-corrected chi connectivity index (χ1v) is 9.15. The number of esters is 1. The van der Waals surface area contributed by atoms with Crippen LogP contribution in [0.4, 0.5) is 0 Å². The summed E-state index contributed by atoms with van der Waals surface area (Å²) in [5.41, 5.74) is 1.16. The third-order valence-corrected chi connectivity index (χ3v) is 4.08. The molecule has 6 heteroatoms. The van der Waals surface area contributed by atoms with E-state index in [9.17, 15) is 9.59 Å². The molecule has 28 heavy (non-hydrogen) atoms. The van der Waals surface area contributed by atoms with Gasteiger partial charge >= 0.3 is 5.97 Å². The van der Waals surface area contributed by atoms with Crippen molar-refractivity contribution in [3.63, 3.8) is 0 Å². The van der Waals surface area contributed by atoms with Crippen LogP contribution in [0.25, 0.3) is 11.0 Å². The van der Waals surface area contributed by atoms with Crippen molar-refractivity contribution in [2.24, 2.45) is 0 Å². The molecule has 2 aromatic carbocycles. The minimum absolute atomic E-state index is 0.101. The first kappa shape index (κ1) is 19.5. The summed E-state index contributed by atoms with van der Waals surface area (Å²) >= 11 is 0. The van der Waals surface area contributed by atoms with Crippen LogP contribution in [-0.4, -0.2) is 19.2 Å². The van der Waals surface area contributed by atoms with Gasteiger partial charge in [-0.1, -0.05) is 31.0 Å². The highest BCUT2D eigenvalue weighted by molar-refractivity contribution is 5.79. The molecule has 0 radical (unpaired) electrons. The number of aryl methyl sites for hydroxylation is 1. The Kier molecular flexibility index (Phi) is 6.32. The van der Waals surface area contributed by atoms with Gasteiger partial charge in [0.2, 0.25) is 11.2 Å². The van der Waals surface area contributed by atoms with E-state index in [1.165, 1.54) is 6.26 Å². The second-order valence-corrected chi connectivity index (χ2v) is 6.36. The van der Waals surface area contributed by atoms with Gasteiger partial charge in [0.25, 0.3) is 0 Å². The highest BCUT2D eigenvalue weighted by atomic mass is 16.6. The molecule has 0 bridgehead atoms. The van der Waals surface area contributed by atoms with Gasteiger partial charge in [0.15, 0.2) is 6.61 Å². The Morgan fingerprint density at radius 3 is 2.57 bits per heavy atom. The van der Waals surface area contributed by atoms with Gasteiger partial charge in [0, 0.05) is 6.07 Å². The van der Waals surface area contributed by atoms with Gasteiger partial charge in [-0.05, 0) is 37.6 Å². The first-order chi connectivity index (χ1) is 13.6. The molecule has 0 unspecified atom stereocenters. The van der Waals surface area contributed by atoms with Gasteiger partial charge in [-0.25, -0.2) is 4.79 Å². The number of carbonyl (C=O) groups excluding carboxylic acids is 1. The van der Waals surface area contributed by atoms with Crippen molar-refractivity contribution in [2.45, 2.75) is 26.7 Å². The number of unbranched alkanes of at least 4 members (excludes halogenated alkanes) is 1. The van der Waals surface area contributed by atoms with Crippen LogP contribution in [0.3, 0.4) is 0 Å². The Bertz CT molecular complexity index is 1000. The summed E-state index contributed by atoms with van der Waals surface area (Å²) in [7, 11) is 0. The molecule has 6 nitrogen and oxygen atoms in total. The van der Waals surface area contributed by atoms with Crippen molar-refractivity contribution in [3.05, 3.63) is 64.5 Å². The average molecular weight is 382 g/mol. The summed E-state index contributed by atoms with van der Waals surface area (Å²) in [6.45, 7) is 4.17. The molecule has 0 N–H and O–H groups in total. The van der Waals surface area contributed by atoms with Gasteiger partial charge in [-0.2, -0.15) is 0 Å². The van der Waals surface area contributed by atoms with E-state index in [-0.39, 0.29) is 17.8 Å². The Hall–Kier alpha value is -3.28. The lowest BCUT2D eigenvalue weighted by atomic mass is 10.2. The average Bonchev–Trinajstić information content (AvgIpc) is 2.70. The van der Waals surface area contributed by atoms with Crippen molar-refractivity contribution in [2.75, 3.05) is 13.2 Å². The number of rotatable bonds is 8. The van der Waals surface area contributed by atoms with E-state index in [1.807, 2.05) is 26.0 Å². The second-order valence-electron chi connectivity index (χ2n) is 6.36. The Labute approximate surface area is 162 Å². The topological polar surface area (TPSA) is 75.0 Å². The fraction of sp³-hybridized carbons (Fsp3) is 0.273. The Balaban J connectivity index is 1.70. The summed E-state index contributed by atoms with van der Waals surface area (Å²) in [4.78, 5) is 24.2. The Morgan fingerprint density at radius 2 is 1.82 bits per heavy atom. The molecule has 3 aromatic rings. The number of hydrogen-bond acceptors (Lipinski definition) is 6. The van der Waals surface area contributed by atoms with Crippen molar-refractivity contribution in [1.29, 1.82) is 0 Å². The molecule has 0 fully saturated rings. The maximum Gasteiger partial charge on any atom is 0.344 e. The first-order valence-electron chi connectivity index (χ1n) is 9.15. The zero-order valence-electron chi connectivity index (χ0n) is 15.9. The van der Waals surface area contributed by atoms with E-state index >= 15 is 0 Å².